The van der Waals surface area contributed by atoms with Gasteiger partial charge in [0.15, 0.2) is 23.3 Å². The molecule has 0 aliphatic heterocycles. The molecule has 1 heterocycles. The fourth-order valence-electron chi connectivity index (χ4n) is 1.80. The zero-order chi connectivity index (χ0) is 15.0. The minimum atomic E-state index is -1.49. The van der Waals surface area contributed by atoms with Gasteiger partial charge in [-0.1, -0.05) is 0 Å². The van der Waals surface area contributed by atoms with Gasteiger partial charge in [0.1, 0.15) is 5.69 Å². The highest BCUT2D eigenvalue weighted by Gasteiger charge is 2.21. The molecule has 3 nitrogen and oxygen atoms in total. The van der Waals surface area contributed by atoms with E-state index in [-0.39, 0.29) is 18.1 Å². The lowest BCUT2D eigenvalue weighted by atomic mass is 10.2. The number of aromatic nitrogens is 2. The van der Waals surface area contributed by atoms with Crippen molar-refractivity contribution in [3.8, 4) is 0 Å². The lowest BCUT2D eigenvalue weighted by Gasteiger charge is -2.14. The van der Waals surface area contributed by atoms with E-state index in [1.165, 1.54) is 0 Å². The molecule has 0 atom stereocenters. The Bertz CT molecular complexity index is 623. The molecule has 0 bridgehead atoms. The summed E-state index contributed by atoms with van der Waals surface area (Å²) in [6, 6.07) is 0.124. The van der Waals surface area contributed by atoms with Gasteiger partial charge in [-0.15, -0.1) is 0 Å². The van der Waals surface area contributed by atoms with Crippen LogP contribution in [0.3, 0.4) is 0 Å². The van der Waals surface area contributed by atoms with E-state index in [0.29, 0.717) is 5.69 Å². The van der Waals surface area contributed by atoms with Crippen molar-refractivity contribution in [2.75, 3.05) is 5.32 Å². The van der Waals surface area contributed by atoms with E-state index in [9.17, 15) is 17.6 Å². The molecule has 0 aliphatic rings. The molecule has 2 aromatic rings. The van der Waals surface area contributed by atoms with Crippen LogP contribution >= 0.6 is 0 Å². The maximum atomic E-state index is 13.6. The van der Waals surface area contributed by atoms with Gasteiger partial charge < -0.3 is 9.88 Å². The van der Waals surface area contributed by atoms with Crippen LogP contribution in [0.2, 0.25) is 0 Å². The van der Waals surface area contributed by atoms with Crippen LogP contribution in [0.25, 0.3) is 0 Å². The van der Waals surface area contributed by atoms with Crippen molar-refractivity contribution in [3.63, 3.8) is 0 Å². The van der Waals surface area contributed by atoms with Gasteiger partial charge >= 0.3 is 0 Å². The highest BCUT2D eigenvalue weighted by Crippen LogP contribution is 2.28. The van der Waals surface area contributed by atoms with Crippen LogP contribution in [0.4, 0.5) is 29.2 Å². The number of aryl methyl sites for hydroxylation is 1. The molecule has 0 unspecified atom stereocenters. The predicted octanol–water partition coefficient (Wildman–Crippen LogP) is 4.07. The summed E-state index contributed by atoms with van der Waals surface area (Å²) in [7, 11) is 0. The first-order chi connectivity index (χ1) is 9.31. The van der Waals surface area contributed by atoms with Gasteiger partial charge in [0.25, 0.3) is 0 Å². The molecule has 108 valence electrons. The Labute approximate surface area is 113 Å². The fourth-order valence-corrected chi connectivity index (χ4v) is 1.80. The molecule has 0 spiro atoms. The fraction of sp³-hybridized carbons (Fsp3) is 0.308. The molecule has 0 fully saturated rings. The smallest absolute Gasteiger partial charge is 0.207 e. The molecule has 1 aromatic heterocycles. The number of hydrogen-bond acceptors (Lipinski definition) is 2. The molecule has 1 N–H and O–H groups in total. The summed E-state index contributed by atoms with van der Waals surface area (Å²) in [5.74, 6) is -5.79. The molecule has 20 heavy (non-hydrogen) atoms. The Morgan fingerprint density at radius 2 is 1.65 bits per heavy atom. The van der Waals surface area contributed by atoms with Crippen molar-refractivity contribution < 1.29 is 17.6 Å². The highest BCUT2D eigenvalue weighted by molar-refractivity contribution is 5.56. The normalized spacial score (nSPS) is 11.2. The second kappa shape index (κ2) is 5.15. The Kier molecular flexibility index (Phi) is 3.69. The maximum Gasteiger partial charge on any atom is 0.207 e. The van der Waals surface area contributed by atoms with E-state index < -0.39 is 29.0 Å². The van der Waals surface area contributed by atoms with Crippen LogP contribution < -0.4 is 5.32 Å². The van der Waals surface area contributed by atoms with Crippen molar-refractivity contribution in [2.24, 2.45) is 0 Å². The molecule has 1 aromatic carbocycles. The summed E-state index contributed by atoms with van der Waals surface area (Å²) >= 11 is 0. The molecular weight excluding hydrogens is 274 g/mol. The third-order valence-corrected chi connectivity index (χ3v) is 2.76. The maximum absolute atomic E-state index is 13.6. The van der Waals surface area contributed by atoms with Gasteiger partial charge in [-0.05, 0) is 20.8 Å². The Morgan fingerprint density at radius 1 is 1.10 bits per heavy atom. The van der Waals surface area contributed by atoms with Gasteiger partial charge in [0, 0.05) is 18.3 Å². The van der Waals surface area contributed by atoms with Gasteiger partial charge in [-0.2, -0.15) is 0 Å². The standard InChI is InChI=1S/C13H13F4N3/c1-6(2)20-5-7(3)18-13(20)19-12-10(16)8(14)4-9(15)11(12)17/h4-6H,1-3H3,(H,18,19). The topological polar surface area (TPSA) is 29.9 Å². The third kappa shape index (κ3) is 2.48. The van der Waals surface area contributed by atoms with E-state index >= 15 is 0 Å². The zero-order valence-corrected chi connectivity index (χ0v) is 11.1. The van der Waals surface area contributed by atoms with E-state index in [0.717, 1.165) is 0 Å². The second-order valence-corrected chi connectivity index (χ2v) is 4.68. The second-order valence-electron chi connectivity index (χ2n) is 4.68. The molecule has 7 heteroatoms. The van der Waals surface area contributed by atoms with Crippen molar-refractivity contribution in [2.45, 2.75) is 26.8 Å². The number of nitrogens with zero attached hydrogens (tertiary/aromatic N) is 2. The number of anilines is 2. The number of benzene rings is 1. The monoisotopic (exact) mass is 287 g/mol. The lowest BCUT2D eigenvalue weighted by molar-refractivity contribution is 0.459. The van der Waals surface area contributed by atoms with E-state index in [1.807, 2.05) is 13.8 Å². The Hall–Kier alpha value is -2.05. The molecule has 0 aliphatic carbocycles. The van der Waals surface area contributed by atoms with Gasteiger partial charge in [-0.25, -0.2) is 22.5 Å². The lowest BCUT2D eigenvalue weighted by Crippen LogP contribution is -2.09. The van der Waals surface area contributed by atoms with Crippen molar-refractivity contribution >= 4 is 11.6 Å². The van der Waals surface area contributed by atoms with Gasteiger partial charge in [-0.3, -0.25) is 0 Å². The quantitative estimate of drug-likeness (QED) is 0.681. The number of nitrogens with one attached hydrogen (secondary N) is 1. The van der Waals surface area contributed by atoms with Crippen molar-refractivity contribution in [1.29, 1.82) is 0 Å². The number of imidazole rings is 1. The summed E-state index contributed by atoms with van der Waals surface area (Å²) in [5, 5.41) is 2.31. The van der Waals surface area contributed by atoms with Crippen molar-refractivity contribution in [3.05, 3.63) is 41.2 Å². The number of hydrogen-bond donors (Lipinski definition) is 1. The van der Waals surface area contributed by atoms with E-state index in [2.05, 4.69) is 10.3 Å². The largest absolute Gasteiger partial charge is 0.321 e. The minimum Gasteiger partial charge on any atom is -0.321 e. The van der Waals surface area contributed by atoms with Crippen LogP contribution in [0.5, 0.6) is 0 Å². The molecular formula is C13H13F4N3. The Morgan fingerprint density at radius 3 is 2.15 bits per heavy atom. The van der Waals surface area contributed by atoms with Crippen LogP contribution in [-0.2, 0) is 0 Å². The van der Waals surface area contributed by atoms with Crippen LogP contribution in [-0.4, -0.2) is 9.55 Å². The summed E-state index contributed by atoms with van der Waals surface area (Å²) in [5.41, 5.74) is -0.283. The summed E-state index contributed by atoms with van der Waals surface area (Å²) in [6.07, 6.45) is 1.67. The summed E-state index contributed by atoms with van der Waals surface area (Å²) < 4.78 is 55.1. The molecule has 0 radical (unpaired) electrons. The molecule has 0 saturated carbocycles. The first kappa shape index (κ1) is 14.4. The number of halogens is 4. The first-order valence-electron chi connectivity index (χ1n) is 5.96. The molecule has 0 amide bonds. The van der Waals surface area contributed by atoms with Gasteiger partial charge in [0.05, 0.1) is 5.69 Å². The molecule has 2 rings (SSSR count). The van der Waals surface area contributed by atoms with Crippen molar-refractivity contribution in [1.82, 2.24) is 9.55 Å². The number of rotatable bonds is 3. The van der Waals surface area contributed by atoms with Crippen LogP contribution in [0.1, 0.15) is 25.6 Å². The van der Waals surface area contributed by atoms with Gasteiger partial charge in [0.2, 0.25) is 5.95 Å². The third-order valence-electron chi connectivity index (χ3n) is 2.76. The van der Waals surface area contributed by atoms with Crippen LogP contribution in [0, 0.1) is 30.2 Å². The highest BCUT2D eigenvalue weighted by atomic mass is 19.2. The first-order valence-corrected chi connectivity index (χ1v) is 5.96. The Balaban J connectivity index is 2.50. The van der Waals surface area contributed by atoms with E-state index in [1.54, 1.807) is 17.7 Å². The average molecular weight is 287 g/mol. The van der Waals surface area contributed by atoms with E-state index in [4.69, 9.17) is 0 Å². The summed E-state index contributed by atoms with van der Waals surface area (Å²) in [4.78, 5) is 4.04. The predicted molar refractivity (Wildman–Crippen MR) is 66.9 cm³/mol. The zero-order valence-electron chi connectivity index (χ0n) is 11.1. The SMILES string of the molecule is Cc1cn(C(C)C)c(Nc2c(F)c(F)cc(F)c2F)n1. The minimum absolute atomic E-state index is 0.0387. The van der Waals surface area contributed by atoms with Crippen LogP contribution in [0.15, 0.2) is 12.3 Å². The summed E-state index contributed by atoms with van der Waals surface area (Å²) in [6.45, 7) is 5.37. The molecule has 0 saturated heterocycles. The average Bonchev–Trinajstić information content (AvgIpc) is 2.73.